The highest BCUT2D eigenvalue weighted by molar-refractivity contribution is 6.04. The van der Waals surface area contributed by atoms with Gasteiger partial charge in [0, 0.05) is 28.9 Å². The number of anilines is 3. The van der Waals surface area contributed by atoms with Crippen LogP contribution in [-0.4, -0.2) is 26.3 Å². The van der Waals surface area contributed by atoms with Crippen LogP contribution in [0, 0.1) is 18.8 Å². The fourth-order valence-corrected chi connectivity index (χ4v) is 4.76. The number of aromatic amines is 1. The second-order valence-corrected chi connectivity index (χ2v) is 8.21. The van der Waals surface area contributed by atoms with Crippen LogP contribution in [0.5, 0.6) is 0 Å². The number of carbonyl (C=O) groups excluding carboxylic acids is 1. The Balaban J connectivity index is 1.26. The highest BCUT2D eigenvalue weighted by atomic mass is 16.1. The van der Waals surface area contributed by atoms with Gasteiger partial charge in [-0.1, -0.05) is 12.5 Å². The Morgan fingerprint density at radius 2 is 2.00 bits per heavy atom. The number of nitrogens with zero attached hydrogens (tertiary/aromatic N) is 3. The van der Waals surface area contributed by atoms with Crippen LogP contribution in [0.4, 0.5) is 17.3 Å². The van der Waals surface area contributed by atoms with Gasteiger partial charge in [-0.15, -0.1) is 5.10 Å². The zero-order valence-corrected chi connectivity index (χ0v) is 16.4. The summed E-state index contributed by atoms with van der Waals surface area (Å²) < 4.78 is 0. The molecule has 2 bridgehead atoms. The van der Waals surface area contributed by atoms with E-state index in [4.69, 9.17) is 0 Å². The molecule has 2 aliphatic carbocycles. The SMILES string of the molecule is Cc1ccc(Nc2cccc(C(=O)Nc3cc(C4CC5CCC4C5)[nH]n3)c2)nn1. The van der Waals surface area contributed by atoms with Crippen LogP contribution in [0.25, 0.3) is 0 Å². The van der Waals surface area contributed by atoms with Crippen molar-refractivity contribution in [2.75, 3.05) is 10.6 Å². The van der Waals surface area contributed by atoms with E-state index in [0.29, 0.717) is 23.1 Å². The van der Waals surface area contributed by atoms with Crippen molar-refractivity contribution in [1.82, 2.24) is 20.4 Å². The summed E-state index contributed by atoms with van der Waals surface area (Å²) >= 11 is 0. The Labute approximate surface area is 169 Å². The first kappa shape index (κ1) is 17.8. The standard InChI is InChI=1S/C22H24N6O/c1-13-5-8-20(27-25-13)23-17-4-2-3-16(11-17)22(29)24-21-12-19(26-28-21)18-10-14-6-7-15(18)9-14/h2-5,8,11-12,14-15,18H,6-7,9-10H2,1H3,(H,23,27)(H2,24,26,28,29). The maximum atomic E-state index is 12.7. The largest absolute Gasteiger partial charge is 0.339 e. The summed E-state index contributed by atoms with van der Waals surface area (Å²) in [7, 11) is 0. The number of rotatable bonds is 5. The molecule has 29 heavy (non-hydrogen) atoms. The summed E-state index contributed by atoms with van der Waals surface area (Å²) in [6.07, 6.45) is 5.28. The molecule has 1 amide bonds. The van der Waals surface area contributed by atoms with Crippen molar-refractivity contribution in [3.05, 3.63) is 59.4 Å². The lowest BCUT2D eigenvalue weighted by molar-refractivity contribution is 0.102. The molecule has 0 spiro atoms. The van der Waals surface area contributed by atoms with Crippen molar-refractivity contribution in [2.24, 2.45) is 11.8 Å². The van der Waals surface area contributed by atoms with Crippen molar-refractivity contribution in [2.45, 2.75) is 38.5 Å². The van der Waals surface area contributed by atoms with E-state index in [0.717, 1.165) is 28.9 Å². The van der Waals surface area contributed by atoms with E-state index in [1.165, 1.54) is 25.7 Å². The molecule has 0 radical (unpaired) electrons. The van der Waals surface area contributed by atoms with Crippen molar-refractivity contribution < 1.29 is 4.79 Å². The minimum Gasteiger partial charge on any atom is -0.339 e. The molecular formula is C22H24N6O. The number of carbonyl (C=O) groups is 1. The van der Waals surface area contributed by atoms with Crippen LogP contribution in [0.3, 0.4) is 0 Å². The van der Waals surface area contributed by atoms with Crippen LogP contribution in [0.15, 0.2) is 42.5 Å². The van der Waals surface area contributed by atoms with E-state index < -0.39 is 0 Å². The first-order valence-corrected chi connectivity index (χ1v) is 10.2. The van der Waals surface area contributed by atoms with E-state index in [9.17, 15) is 4.79 Å². The van der Waals surface area contributed by atoms with Gasteiger partial charge in [-0.25, -0.2) is 0 Å². The number of aromatic nitrogens is 4. The van der Waals surface area contributed by atoms with Crippen molar-refractivity contribution in [3.63, 3.8) is 0 Å². The molecule has 0 saturated heterocycles. The Morgan fingerprint density at radius 1 is 1.07 bits per heavy atom. The Morgan fingerprint density at radius 3 is 2.76 bits per heavy atom. The normalized spacial score (nSPS) is 22.6. The van der Waals surface area contributed by atoms with Crippen LogP contribution < -0.4 is 10.6 Å². The highest BCUT2D eigenvalue weighted by Crippen LogP contribution is 2.52. The number of hydrogen-bond donors (Lipinski definition) is 3. The van der Waals surface area contributed by atoms with Gasteiger partial charge in [0.05, 0.1) is 5.69 Å². The fourth-order valence-electron chi connectivity index (χ4n) is 4.76. The van der Waals surface area contributed by atoms with E-state index in [1.807, 2.05) is 37.3 Å². The molecule has 0 aliphatic heterocycles. The van der Waals surface area contributed by atoms with E-state index in [2.05, 4.69) is 31.0 Å². The lowest BCUT2D eigenvalue weighted by Crippen LogP contribution is -2.12. The molecule has 2 heterocycles. The summed E-state index contributed by atoms with van der Waals surface area (Å²) in [5.41, 5.74) is 3.34. The molecule has 2 fully saturated rings. The average molecular weight is 388 g/mol. The Bertz CT molecular complexity index is 1030. The molecule has 2 saturated carbocycles. The van der Waals surface area contributed by atoms with Gasteiger partial charge in [0.25, 0.3) is 5.91 Å². The van der Waals surface area contributed by atoms with Gasteiger partial charge in [-0.05, 0) is 68.4 Å². The monoisotopic (exact) mass is 388 g/mol. The lowest BCUT2D eigenvalue weighted by atomic mass is 9.86. The third kappa shape index (κ3) is 3.72. The summed E-state index contributed by atoms with van der Waals surface area (Å²) in [5.74, 6) is 3.24. The molecule has 3 N–H and O–H groups in total. The molecule has 7 heteroatoms. The lowest BCUT2D eigenvalue weighted by Gasteiger charge is -2.19. The van der Waals surface area contributed by atoms with Crippen LogP contribution in [0.2, 0.25) is 0 Å². The topological polar surface area (TPSA) is 95.6 Å². The number of H-pyrrole nitrogens is 1. The zero-order chi connectivity index (χ0) is 19.8. The quantitative estimate of drug-likeness (QED) is 0.602. The molecule has 3 aromatic rings. The zero-order valence-electron chi connectivity index (χ0n) is 16.4. The van der Waals surface area contributed by atoms with Crippen LogP contribution >= 0.6 is 0 Å². The fraction of sp³-hybridized carbons (Fsp3) is 0.364. The number of hydrogen-bond acceptors (Lipinski definition) is 5. The van der Waals surface area contributed by atoms with Crippen molar-refractivity contribution in [1.29, 1.82) is 0 Å². The summed E-state index contributed by atoms with van der Waals surface area (Å²) in [6.45, 7) is 1.89. The Kier molecular flexibility index (Phi) is 4.50. The van der Waals surface area contributed by atoms with E-state index in [1.54, 1.807) is 12.1 Å². The molecule has 3 unspecified atom stereocenters. The van der Waals surface area contributed by atoms with Crippen LogP contribution in [0.1, 0.15) is 53.3 Å². The molecule has 5 rings (SSSR count). The minimum absolute atomic E-state index is 0.186. The molecule has 7 nitrogen and oxygen atoms in total. The molecule has 1 aromatic carbocycles. The predicted molar refractivity (Wildman–Crippen MR) is 111 cm³/mol. The van der Waals surface area contributed by atoms with E-state index in [-0.39, 0.29) is 5.91 Å². The van der Waals surface area contributed by atoms with Gasteiger partial charge in [0.2, 0.25) is 0 Å². The highest BCUT2D eigenvalue weighted by Gasteiger charge is 2.40. The second-order valence-electron chi connectivity index (χ2n) is 8.21. The van der Waals surface area contributed by atoms with Gasteiger partial charge in [0.15, 0.2) is 11.6 Å². The summed E-state index contributed by atoms with van der Waals surface area (Å²) in [4.78, 5) is 12.7. The molecular weight excluding hydrogens is 364 g/mol. The third-order valence-corrected chi connectivity index (χ3v) is 6.17. The number of amides is 1. The maximum Gasteiger partial charge on any atom is 0.256 e. The van der Waals surface area contributed by atoms with Gasteiger partial charge < -0.3 is 10.6 Å². The number of aryl methyl sites for hydroxylation is 1. The van der Waals surface area contributed by atoms with E-state index >= 15 is 0 Å². The Hall–Kier alpha value is -3.22. The van der Waals surface area contributed by atoms with Gasteiger partial charge >= 0.3 is 0 Å². The first-order valence-electron chi connectivity index (χ1n) is 10.2. The first-order chi connectivity index (χ1) is 14.1. The average Bonchev–Trinajstić information content (AvgIpc) is 3.47. The summed E-state index contributed by atoms with van der Waals surface area (Å²) in [5, 5.41) is 21.7. The molecule has 148 valence electrons. The third-order valence-electron chi connectivity index (χ3n) is 6.17. The molecule has 2 aromatic heterocycles. The van der Waals surface area contributed by atoms with Crippen molar-refractivity contribution >= 4 is 23.2 Å². The number of nitrogens with one attached hydrogen (secondary N) is 3. The number of fused-ring (bicyclic) bond motifs is 2. The smallest absolute Gasteiger partial charge is 0.256 e. The van der Waals surface area contributed by atoms with Gasteiger partial charge in [-0.3, -0.25) is 9.89 Å². The molecule has 2 aliphatic rings. The van der Waals surface area contributed by atoms with Crippen molar-refractivity contribution in [3.8, 4) is 0 Å². The predicted octanol–water partition coefficient (Wildman–Crippen LogP) is 4.41. The van der Waals surface area contributed by atoms with Gasteiger partial charge in [0.1, 0.15) is 0 Å². The molecule has 3 atom stereocenters. The van der Waals surface area contributed by atoms with Gasteiger partial charge in [-0.2, -0.15) is 10.2 Å². The summed E-state index contributed by atoms with van der Waals surface area (Å²) in [6, 6.07) is 13.0. The van der Waals surface area contributed by atoms with Crippen LogP contribution in [-0.2, 0) is 0 Å². The number of benzene rings is 1. The second kappa shape index (κ2) is 7.31. The maximum absolute atomic E-state index is 12.7. The minimum atomic E-state index is -0.186.